The van der Waals surface area contributed by atoms with Crippen LogP contribution >= 0.6 is 0 Å². The maximum absolute atomic E-state index is 13.2. The van der Waals surface area contributed by atoms with Gasteiger partial charge in [-0.3, -0.25) is 9.59 Å². The summed E-state index contributed by atoms with van der Waals surface area (Å²) in [7, 11) is 0. The van der Waals surface area contributed by atoms with Crippen molar-refractivity contribution >= 4 is 11.8 Å². The molecule has 3 aliphatic heterocycles. The van der Waals surface area contributed by atoms with Gasteiger partial charge in [0.15, 0.2) is 0 Å². The maximum Gasteiger partial charge on any atom is 0.272 e. The molecule has 0 unspecified atom stereocenters. The molecule has 0 aliphatic carbocycles. The average molecular weight is 427 g/mol. The topological polar surface area (TPSA) is 98.8 Å². The Kier molecular flexibility index (Phi) is 6.56. The second-order valence-corrected chi connectivity index (χ2v) is 8.51. The fourth-order valence-electron chi connectivity index (χ4n) is 4.54. The molecule has 31 heavy (non-hydrogen) atoms. The Morgan fingerprint density at radius 2 is 1.94 bits per heavy atom. The summed E-state index contributed by atoms with van der Waals surface area (Å²) < 4.78 is 5.97. The molecule has 3 aliphatic rings. The van der Waals surface area contributed by atoms with Crippen LogP contribution in [-0.4, -0.2) is 76.1 Å². The lowest BCUT2D eigenvalue weighted by Crippen LogP contribution is -2.44. The minimum atomic E-state index is -0.148. The molecular weight excluding hydrogens is 396 g/mol. The maximum atomic E-state index is 13.2. The number of amides is 2. The number of nitrogens with one attached hydrogen (secondary N) is 1. The summed E-state index contributed by atoms with van der Waals surface area (Å²) >= 11 is 0. The van der Waals surface area contributed by atoms with Crippen LogP contribution in [0.15, 0.2) is 36.8 Å². The normalized spacial score (nSPS) is 19.8. The van der Waals surface area contributed by atoms with Gasteiger partial charge >= 0.3 is 0 Å². The van der Waals surface area contributed by atoms with E-state index in [-0.39, 0.29) is 23.8 Å². The lowest BCUT2D eigenvalue weighted by Gasteiger charge is -2.41. The molecule has 0 radical (unpaired) electrons. The van der Waals surface area contributed by atoms with E-state index < -0.39 is 0 Å². The quantitative estimate of drug-likeness (QED) is 0.768. The number of ether oxygens (including phenoxy) is 1. The number of carbonyl (C=O) groups is 2. The van der Waals surface area contributed by atoms with Gasteiger partial charge in [0.2, 0.25) is 0 Å². The van der Waals surface area contributed by atoms with Crippen molar-refractivity contribution in [1.29, 1.82) is 0 Å². The van der Waals surface area contributed by atoms with Crippen molar-refractivity contribution in [1.82, 2.24) is 19.8 Å². The standard InChI is InChI=1S/C23H30N4O4/c28-16-23-7-3-4-10-26(22(30)19-15-24-17-25-19)13-14-31-20-6-2-1-5-18(20)21(29)27(11-8-23)12-9-23/h1-2,5-6,15,17,28H,3-4,7-14,16H2,(H,24,25). The molecule has 1 aromatic heterocycles. The summed E-state index contributed by atoms with van der Waals surface area (Å²) in [5, 5.41) is 10.1. The molecule has 1 aromatic carbocycles. The number of imidazole rings is 1. The summed E-state index contributed by atoms with van der Waals surface area (Å²) in [6, 6.07) is 7.27. The Morgan fingerprint density at radius 1 is 1.13 bits per heavy atom. The second-order valence-electron chi connectivity index (χ2n) is 8.51. The lowest BCUT2D eigenvalue weighted by atomic mass is 9.75. The van der Waals surface area contributed by atoms with Crippen molar-refractivity contribution in [3.8, 4) is 5.75 Å². The molecule has 8 nitrogen and oxygen atoms in total. The van der Waals surface area contributed by atoms with Crippen LogP contribution in [0.25, 0.3) is 0 Å². The third kappa shape index (κ3) is 4.74. The number of fused-ring (bicyclic) bond motifs is 9. The van der Waals surface area contributed by atoms with Crippen molar-refractivity contribution < 1.29 is 19.4 Å². The van der Waals surface area contributed by atoms with Gasteiger partial charge in [-0.05, 0) is 43.2 Å². The number of hydrogen-bond acceptors (Lipinski definition) is 5. The van der Waals surface area contributed by atoms with Gasteiger partial charge in [-0.15, -0.1) is 0 Å². The number of nitrogens with zero attached hydrogens (tertiary/aromatic N) is 3. The number of aromatic nitrogens is 2. The molecule has 2 bridgehead atoms. The van der Waals surface area contributed by atoms with E-state index in [1.54, 1.807) is 17.0 Å². The van der Waals surface area contributed by atoms with E-state index in [4.69, 9.17) is 4.74 Å². The van der Waals surface area contributed by atoms with E-state index in [1.165, 1.54) is 12.5 Å². The first-order valence-electron chi connectivity index (χ1n) is 11.0. The van der Waals surface area contributed by atoms with E-state index in [0.717, 1.165) is 32.1 Å². The summed E-state index contributed by atoms with van der Waals surface area (Å²) in [6.45, 7) is 2.72. The molecule has 2 N–H and O–H groups in total. The molecule has 0 saturated carbocycles. The van der Waals surface area contributed by atoms with Gasteiger partial charge in [0, 0.05) is 26.2 Å². The number of hydrogen-bond donors (Lipinski definition) is 2. The molecule has 8 heteroatoms. The van der Waals surface area contributed by atoms with Gasteiger partial charge in [0.05, 0.1) is 24.6 Å². The predicted octanol–water partition coefficient (Wildman–Crippen LogP) is 2.33. The zero-order chi connectivity index (χ0) is 21.7. The van der Waals surface area contributed by atoms with E-state index in [1.807, 2.05) is 17.0 Å². The third-order valence-electron chi connectivity index (χ3n) is 6.58. The second kappa shape index (κ2) is 9.51. The van der Waals surface area contributed by atoms with Crippen LogP contribution < -0.4 is 4.74 Å². The van der Waals surface area contributed by atoms with Gasteiger partial charge in [-0.2, -0.15) is 0 Å². The Hall–Kier alpha value is -2.87. The molecule has 1 fully saturated rings. The molecule has 2 aromatic rings. The summed E-state index contributed by atoms with van der Waals surface area (Å²) in [5.74, 6) is 0.386. The number of carbonyl (C=O) groups excluding carboxylic acids is 2. The van der Waals surface area contributed by atoms with Crippen LogP contribution in [0, 0.1) is 5.41 Å². The van der Waals surface area contributed by atoms with Crippen LogP contribution in [-0.2, 0) is 0 Å². The molecule has 166 valence electrons. The van der Waals surface area contributed by atoms with Gasteiger partial charge in [0.25, 0.3) is 11.8 Å². The van der Waals surface area contributed by atoms with Crippen LogP contribution in [0.1, 0.15) is 53.0 Å². The van der Waals surface area contributed by atoms with Gasteiger partial charge in [0.1, 0.15) is 18.1 Å². The Morgan fingerprint density at radius 3 is 2.68 bits per heavy atom. The molecule has 2 amide bonds. The number of aliphatic hydroxyl groups is 1. The zero-order valence-electron chi connectivity index (χ0n) is 17.8. The molecule has 0 spiro atoms. The highest BCUT2D eigenvalue weighted by atomic mass is 16.5. The largest absolute Gasteiger partial charge is 0.491 e. The SMILES string of the molecule is O=C(c1cnc[nH]1)N1CCCCC2(CO)CCN(CC2)C(=O)c2ccccc2OCC1. The van der Waals surface area contributed by atoms with E-state index in [0.29, 0.717) is 49.8 Å². The number of benzene rings is 1. The number of H-pyrrole nitrogens is 1. The summed E-state index contributed by atoms with van der Waals surface area (Å²) in [6.07, 6.45) is 7.26. The van der Waals surface area contributed by atoms with E-state index in [2.05, 4.69) is 9.97 Å². The summed E-state index contributed by atoms with van der Waals surface area (Å²) in [4.78, 5) is 36.5. The highest BCUT2D eigenvalue weighted by Crippen LogP contribution is 2.37. The molecule has 0 atom stereocenters. The number of aromatic amines is 1. The van der Waals surface area contributed by atoms with Crippen LogP contribution in [0.2, 0.25) is 0 Å². The smallest absolute Gasteiger partial charge is 0.272 e. The predicted molar refractivity (Wildman–Crippen MR) is 115 cm³/mol. The van der Waals surface area contributed by atoms with Crippen molar-refractivity contribution in [3.63, 3.8) is 0 Å². The third-order valence-corrected chi connectivity index (χ3v) is 6.58. The Bertz CT molecular complexity index is 891. The van der Waals surface area contributed by atoms with Crippen molar-refractivity contribution in [2.45, 2.75) is 32.1 Å². The van der Waals surface area contributed by atoms with Crippen LogP contribution in [0.3, 0.4) is 0 Å². The van der Waals surface area contributed by atoms with Crippen molar-refractivity contribution in [2.24, 2.45) is 5.41 Å². The number of para-hydroxylation sites is 1. The Labute approximate surface area is 182 Å². The number of aliphatic hydroxyl groups excluding tert-OH is 1. The fourth-order valence-corrected chi connectivity index (χ4v) is 4.54. The summed E-state index contributed by atoms with van der Waals surface area (Å²) in [5.41, 5.74) is 0.845. The monoisotopic (exact) mass is 426 g/mol. The zero-order valence-corrected chi connectivity index (χ0v) is 17.8. The highest BCUT2D eigenvalue weighted by molar-refractivity contribution is 5.97. The number of piperidine rings is 1. The van der Waals surface area contributed by atoms with E-state index in [9.17, 15) is 14.7 Å². The first-order valence-corrected chi connectivity index (χ1v) is 11.0. The minimum Gasteiger partial charge on any atom is -0.491 e. The van der Waals surface area contributed by atoms with Crippen LogP contribution in [0.5, 0.6) is 5.75 Å². The number of rotatable bonds is 2. The highest BCUT2D eigenvalue weighted by Gasteiger charge is 2.36. The van der Waals surface area contributed by atoms with Gasteiger partial charge in [-0.25, -0.2) is 4.98 Å². The van der Waals surface area contributed by atoms with Crippen molar-refractivity contribution in [2.75, 3.05) is 39.4 Å². The Balaban J connectivity index is 1.57. The lowest BCUT2D eigenvalue weighted by molar-refractivity contribution is 0.0297. The van der Waals surface area contributed by atoms with E-state index >= 15 is 0 Å². The fraction of sp³-hybridized carbons (Fsp3) is 0.522. The van der Waals surface area contributed by atoms with Gasteiger partial charge in [-0.1, -0.05) is 18.6 Å². The molecular formula is C23H30N4O4. The first-order chi connectivity index (χ1) is 15.1. The van der Waals surface area contributed by atoms with Crippen LogP contribution in [0.4, 0.5) is 0 Å². The molecule has 5 rings (SSSR count). The molecule has 1 saturated heterocycles. The first kappa shape index (κ1) is 21.4. The molecule has 4 heterocycles. The van der Waals surface area contributed by atoms with Gasteiger partial charge < -0.3 is 24.6 Å². The minimum absolute atomic E-state index is 0.0394. The average Bonchev–Trinajstić information content (AvgIpc) is 3.35. The van der Waals surface area contributed by atoms with Crippen molar-refractivity contribution in [3.05, 3.63) is 48.0 Å².